The van der Waals surface area contributed by atoms with E-state index in [0.717, 1.165) is 0 Å². The maximum Gasteiger partial charge on any atom is 0.494 e. The second-order valence-corrected chi connectivity index (χ2v) is 11.1. The summed E-state index contributed by atoms with van der Waals surface area (Å²) in [6, 6.07) is 2.80. The van der Waals surface area contributed by atoms with E-state index in [4.69, 9.17) is 14.0 Å². The molecule has 0 saturated carbocycles. The number of piperazine rings is 1. The Hall–Kier alpha value is -2.13. The molecule has 2 aliphatic rings. The summed E-state index contributed by atoms with van der Waals surface area (Å²) in [5.41, 5.74) is -0.575. The van der Waals surface area contributed by atoms with Crippen LogP contribution in [0.15, 0.2) is 12.1 Å². The third-order valence-corrected chi connectivity index (χ3v) is 6.59. The Labute approximate surface area is 196 Å². The van der Waals surface area contributed by atoms with Crippen LogP contribution in [0.4, 0.5) is 9.18 Å². The summed E-state index contributed by atoms with van der Waals surface area (Å²) < 4.78 is 32.7. The molecule has 9 heteroatoms. The molecule has 2 saturated heterocycles. The number of nitrogens with zero attached hydrogens (tertiary/aromatic N) is 2. The SMILES string of the molecule is Cc1cc(B2OC(C)(C)C(C)(C)O2)cc(F)c1C(=O)N1CCN(C(=O)OC(C)(C)C)C[C@H]1C. The molecule has 0 unspecified atom stereocenters. The average Bonchev–Trinajstić information content (AvgIpc) is 2.87. The molecule has 3 rings (SSSR count). The predicted molar refractivity (Wildman–Crippen MR) is 125 cm³/mol. The summed E-state index contributed by atoms with van der Waals surface area (Å²) in [5, 5.41) is 0. The first-order chi connectivity index (χ1) is 15.0. The average molecular weight is 462 g/mol. The molecule has 33 heavy (non-hydrogen) atoms. The van der Waals surface area contributed by atoms with Crippen LogP contribution in [0.1, 0.15) is 71.3 Å². The van der Waals surface area contributed by atoms with Gasteiger partial charge in [-0.25, -0.2) is 9.18 Å². The lowest BCUT2D eigenvalue weighted by atomic mass is 9.77. The van der Waals surface area contributed by atoms with Crippen LogP contribution in [0.5, 0.6) is 0 Å². The van der Waals surface area contributed by atoms with Gasteiger partial charge in [0.1, 0.15) is 11.4 Å². The lowest BCUT2D eigenvalue weighted by Gasteiger charge is -2.40. The molecule has 0 aliphatic carbocycles. The van der Waals surface area contributed by atoms with Gasteiger partial charge < -0.3 is 23.8 Å². The smallest absolute Gasteiger partial charge is 0.444 e. The van der Waals surface area contributed by atoms with E-state index in [2.05, 4.69) is 0 Å². The number of rotatable bonds is 2. The first-order valence-corrected chi connectivity index (χ1v) is 11.5. The number of benzene rings is 1. The Morgan fingerprint density at radius 2 is 1.70 bits per heavy atom. The van der Waals surface area contributed by atoms with Crippen molar-refractivity contribution in [3.8, 4) is 0 Å². The zero-order valence-electron chi connectivity index (χ0n) is 21.2. The summed E-state index contributed by atoms with van der Waals surface area (Å²) in [5.74, 6) is -0.992. The Morgan fingerprint density at radius 1 is 1.12 bits per heavy atom. The number of hydrogen-bond acceptors (Lipinski definition) is 5. The summed E-state index contributed by atoms with van der Waals surface area (Å²) in [4.78, 5) is 28.9. The molecule has 182 valence electrons. The van der Waals surface area contributed by atoms with Gasteiger partial charge >= 0.3 is 13.2 Å². The summed E-state index contributed by atoms with van der Waals surface area (Å²) >= 11 is 0. The fraction of sp³-hybridized carbons (Fsp3) is 0.667. The monoisotopic (exact) mass is 462 g/mol. The maximum absolute atomic E-state index is 15.2. The number of hydrogen-bond donors (Lipinski definition) is 0. The van der Waals surface area contributed by atoms with Crippen LogP contribution in [0.2, 0.25) is 0 Å². The largest absolute Gasteiger partial charge is 0.494 e. The van der Waals surface area contributed by atoms with Gasteiger partial charge in [0, 0.05) is 25.7 Å². The van der Waals surface area contributed by atoms with Crippen molar-refractivity contribution < 1.29 is 28.0 Å². The van der Waals surface area contributed by atoms with E-state index < -0.39 is 35.8 Å². The van der Waals surface area contributed by atoms with Crippen LogP contribution in [0.25, 0.3) is 0 Å². The summed E-state index contributed by atoms with van der Waals surface area (Å²) in [6.07, 6.45) is -0.407. The highest BCUT2D eigenvalue weighted by Gasteiger charge is 2.52. The number of ether oxygens (including phenoxy) is 1. The van der Waals surface area contributed by atoms with E-state index in [1.165, 1.54) is 6.07 Å². The third-order valence-electron chi connectivity index (χ3n) is 6.59. The molecule has 0 N–H and O–H groups in total. The fourth-order valence-corrected chi connectivity index (χ4v) is 4.05. The summed E-state index contributed by atoms with van der Waals surface area (Å²) in [6.45, 7) is 17.7. The second kappa shape index (κ2) is 8.58. The highest BCUT2D eigenvalue weighted by molar-refractivity contribution is 6.62. The van der Waals surface area contributed by atoms with Crippen LogP contribution in [0.3, 0.4) is 0 Å². The Morgan fingerprint density at radius 3 is 2.18 bits per heavy atom. The molecular weight excluding hydrogens is 426 g/mol. The molecule has 1 aromatic rings. The molecule has 7 nitrogen and oxygen atoms in total. The number of carbonyl (C=O) groups is 2. The van der Waals surface area contributed by atoms with Gasteiger partial charge in [0.2, 0.25) is 0 Å². The normalized spacial score (nSPS) is 22.5. The van der Waals surface area contributed by atoms with Crippen LogP contribution in [0, 0.1) is 12.7 Å². The molecule has 0 bridgehead atoms. The number of carbonyl (C=O) groups excluding carboxylic acids is 2. The van der Waals surface area contributed by atoms with Gasteiger partial charge in [-0.1, -0.05) is 6.07 Å². The van der Waals surface area contributed by atoms with Crippen molar-refractivity contribution in [2.75, 3.05) is 19.6 Å². The fourth-order valence-electron chi connectivity index (χ4n) is 4.05. The molecule has 0 radical (unpaired) electrons. The molecule has 2 amide bonds. The van der Waals surface area contributed by atoms with E-state index >= 15 is 4.39 Å². The molecular formula is C24H36BFN2O5. The standard InChI is InChI=1S/C24H36BFN2O5/c1-15-12-17(25-32-23(6,7)24(8,9)33-25)13-18(26)19(15)20(29)28-11-10-27(14-16(28)2)21(30)31-22(3,4)5/h12-13,16H,10-11,14H2,1-9H3/t16-/m1/s1. The number of amides is 2. The van der Waals surface area contributed by atoms with Gasteiger partial charge in [0.25, 0.3) is 5.91 Å². The minimum Gasteiger partial charge on any atom is -0.444 e. The van der Waals surface area contributed by atoms with Gasteiger partial charge in [-0.2, -0.15) is 0 Å². The van der Waals surface area contributed by atoms with Gasteiger partial charge in [0.15, 0.2) is 0 Å². The van der Waals surface area contributed by atoms with Crippen molar-refractivity contribution in [1.29, 1.82) is 0 Å². The number of aryl methyl sites for hydroxylation is 1. The van der Waals surface area contributed by atoms with Crippen LogP contribution >= 0.6 is 0 Å². The summed E-state index contributed by atoms with van der Waals surface area (Å²) in [7, 11) is -0.705. The van der Waals surface area contributed by atoms with Crippen molar-refractivity contribution in [3.05, 3.63) is 29.1 Å². The first-order valence-electron chi connectivity index (χ1n) is 11.5. The van der Waals surface area contributed by atoms with E-state index in [1.54, 1.807) is 22.8 Å². The molecule has 0 aromatic heterocycles. The van der Waals surface area contributed by atoms with E-state index in [9.17, 15) is 9.59 Å². The minimum atomic E-state index is -0.705. The van der Waals surface area contributed by atoms with Crippen molar-refractivity contribution in [2.45, 2.75) is 85.2 Å². The van der Waals surface area contributed by atoms with Crippen molar-refractivity contribution >= 4 is 24.6 Å². The molecule has 1 aromatic carbocycles. The van der Waals surface area contributed by atoms with Gasteiger partial charge in [0.05, 0.1) is 16.8 Å². The zero-order chi connectivity index (χ0) is 24.9. The highest BCUT2D eigenvalue weighted by Crippen LogP contribution is 2.36. The molecule has 2 heterocycles. The minimum absolute atomic E-state index is 0.0350. The van der Waals surface area contributed by atoms with E-state index in [1.807, 2.05) is 55.4 Å². The lowest BCUT2D eigenvalue weighted by molar-refractivity contribution is 0.00578. The molecule has 2 fully saturated rings. The predicted octanol–water partition coefficient (Wildman–Crippen LogP) is 3.51. The van der Waals surface area contributed by atoms with E-state index in [-0.39, 0.29) is 17.5 Å². The van der Waals surface area contributed by atoms with Crippen molar-refractivity contribution in [1.82, 2.24) is 9.80 Å². The van der Waals surface area contributed by atoms with Crippen molar-refractivity contribution in [3.63, 3.8) is 0 Å². The van der Waals surface area contributed by atoms with Gasteiger partial charge in [-0.15, -0.1) is 0 Å². The van der Waals surface area contributed by atoms with Gasteiger partial charge in [-0.3, -0.25) is 4.79 Å². The van der Waals surface area contributed by atoms with Crippen LogP contribution in [-0.4, -0.2) is 71.4 Å². The van der Waals surface area contributed by atoms with Crippen LogP contribution in [-0.2, 0) is 14.0 Å². The van der Waals surface area contributed by atoms with Gasteiger partial charge in [-0.05, 0) is 79.4 Å². The lowest BCUT2D eigenvalue weighted by Crippen LogP contribution is -2.56. The van der Waals surface area contributed by atoms with Crippen LogP contribution < -0.4 is 5.46 Å². The Kier molecular flexibility index (Phi) is 6.63. The zero-order valence-corrected chi connectivity index (χ0v) is 21.2. The molecule has 2 aliphatic heterocycles. The highest BCUT2D eigenvalue weighted by atomic mass is 19.1. The Balaban J connectivity index is 1.75. The second-order valence-electron chi connectivity index (χ2n) is 11.1. The topological polar surface area (TPSA) is 68.3 Å². The van der Waals surface area contributed by atoms with Crippen molar-refractivity contribution in [2.24, 2.45) is 0 Å². The first kappa shape index (κ1) is 25.5. The third kappa shape index (κ3) is 5.19. The maximum atomic E-state index is 15.2. The number of halogens is 1. The Bertz CT molecular complexity index is 904. The van der Waals surface area contributed by atoms with E-state index in [0.29, 0.717) is 30.7 Å². The quantitative estimate of drug-likeness (QED) is 0.630. The molecule has 1 atom stereocenters. The molecule has 0 spiro atoms.